The van der Waals surface area contributed by atoms with Crippen LogP contribution >= 0.6 is 11.8 Å². The van der Waals surface area contributed by atoms with Crippen molar-refractivity contribution in [3.8, 4) is 0 Å². The van der Waals surface area contributed by atoms with Gasteiger partial charge in [0.1, 0.15) is 6.10 Å². The van der Waals surface area contributed by atoms with Crippen molar-refractivity contribution in [2.75, 3.05) is 24.7 Å². The molecule has 0 heterocycles. The quantitative estimate of drug-likeness (QED) is 0.0895. The summed E-state index contributed by atoms with van der Waals surface area (Å²) < 4.78 is 11.7. The van der Waals surface area contributed by atoms with Crippen molar-refractivity contribution in [1.82, 2.24) is 0 Å². The molecular weight excluding hydrogens is 468 g/mol. The summed E-state index contributed by atoms with van der Waals surface area (Å²) in [7, 11) is 0. The zero-order chi connectivity index (χ0) is 25.9. The zero-order valence-electron chi connectivity index (χ0n) is 23.2. The van der Waals surface area contributed by atoms with E-state index in [0.29, 0.717) is 19.0 Å². The van der Waals surface area contributed by atoms with Crippen molar-refractivity contribution in [2.24, 2.45) is 0 Å². The van der Waals surface area contributed by atoms with E-state index in [2.05, 4.69) is 6.92 Å². The summed E-state index contributed by atoms with van der Waals surface area (Å²) in [5.74, 6) is 1.51. The molecule has 0 aliphatic carbocycles. The highest BCUT2D eigenvalue weighted by Crippen LogP contribution is 2.16. The van der Waals surface area contributed by atoms with Crippen LogP contribution in [0.25, 0.3) is 0 Å². The number of ether oxygens (including phenoxy) is 2. The average Bonchev–Trinajstić information content (AvgIpc) is 2.90. The molecule has 0 spiro atoms. The molecule has 0 aliphatic rings. The summed E-state index contributed by atoms with van der Waals surface area (Å²) in [6.07, 6.45) is 21.0. The highest BCUT2D eigenvalue weighted by molar-refractivity contribution is 7.99. The predicted molar refractivity (Wildman–Crippen MR) is 156 cm³/mol. The fraction of sp³-hybridized carbons (Fsp3) is 0.806. The van der Waals surface area contributed by atoms with Crippen LogP contribution in [-0.2, 0) is 16.1 Å². The van der Waals surface area contributed by atoms with Crippen LogP contribution in [0, 0.1) is 0 Å². The van der Waals surface area contributed by atoms with E-state index in [1.54, 1.807) is 11.8 Å². The maximum absolute atomic E-state index is 10.6. The number of hydrogen-bond acceptors (Lipinski definition) is 5. The van der Waals surface area contributed by atoms with Gasteiger partial charge in [-0.2, -0.15) is 11.8 Å². The van der Waals surface area contributed by atoms with Crippen LogP contribution in [0.4, 0.5) is 0 Å². The van der Waals surface area contributed by atoms with E-state index in [1.807, 2.05) is 30.3 Å². The third-order valence-electron chi connectivity index (χ3n) is 6.64. The van der Waals surface area contributed by atoms with Gasteiger partial charge in [-0.25, -0.2) is 0 Å². The van der Waals surface area contributed by atoms with E-state index < -0.39 is 6.29 Å². The second-order valence-corrected chi connectivity index (χ2v) is 11.2. The maximum Gasteiger partial charge on any atom is 0.181 e. The molecule has 5 heteroatoms. The van der Waals surface area contributed by atoms with Crippen LogP contribution in [0.3, 0.4) is 0 Å². The third-order valence-corrected chi connectivity index (χ3v) is 7.78. The second-order valence-electron chi connectivity index (χ2n) is 10.1. The minimum Gasteiger partial charge on any atom is -0.396 e. The Hall–Kier alpha value is -0.590. The van der Waals surface area contributed by atoms with Gasteiger partial charge < -0.3 is 19.7 Å². The van der Waals surface area contributed by atoms with Crippen molar-refractivity contribution >= 4 is 11.8 Å². The molecule has 0 aromatic heterocycles. The summed E-state index contributed by atoms with van der Waals surface area (Å²) in [4.78, 5) is 0. The van der Waals surface area contributed by atoms with E-state index in [9.17, 15) is 5.11 Å². The highest BCUT2D eigenvalue weighted by atomic mass is 32.2. The predicted octanol–water partition coefficient (Wildman–Crippen LogP) is 8.28. The summed E-state index contributed by atoms with van der Waals surface area (Å²) in [5.41, 5.74) is 1.09. The molecule has 36 heavy (non-hydrogen) atoms. The number of rotatable bonds is 27. The molecule has 1 rings (SSSR count). The van der Waals surface area contributed by atoms with E-state index in [4.69, 9.17) is 14.6 Å². The first-order valence-electron chi connectivity index (χ1n) is 14.9. The number of hydrogen-bond donors (Lipinski definition) is 2. The van der Waals surface area contributed by atoms with Crippen molar-refractivity contribution in [3.05, 3.63) is 35.9 Å². The Labute approximate surface area is 226 Å². The normalized spacial score (nSPS) is 13.2. The van der Waals surface area contributed by atoms with Gasteiger partial charge in [-0.3, -0.25) is 0 Å². The van der Waals surface area contributed by atoms with Crippen LogP contribution in [0.15, 0.2) is 30.3 Å². The second kappa shape index (κ2) is 26.0. The minimum atomic E-state index is -0.910. The molecule has 210 valence electrons. The molecule has 0 fully saturated rings. The molecule has 0 amide bonds. The molecule has 0 saturated carbocycles. The molecule has 0 aliphatic heterocycles. The molecule has 2 N–H and O–H groups in total. The Morgan fingerprint density at radius 2 is 1.22 bits per heavy atom. The van der Waals surface area contributed by atoms with Crippen molar-refractivity contribution in [2.45, 2.75) is 135 Å². The van der Waals surface area contributed by atoms with Gasteiger partial charge in [0.15, 0.2) is 6.29 Å². The summed E-state index contributed by atoms with van der Waals surface area (Å²) in [6.45, 7) is 3.52. The van der Waals surface area contributed by atoms with Gasteiger partial charge in [0.2, 0.25) is 0 Å². The smallest absolute Gasteiger partial charge is 0.181 e. The molecular formula is C31H56O4S. The lowest BCUT2D eigenvalue weighted by Gasteiger charge is -2.23. The Morgan fingerprint density at radius 1 is 0.694 bits per heavy atom. The molecule has 0 bridgehead atoms. The van der Waals surface area contributed by atoms with E-state index in [0.717, 1.165) is 30.6 Å². The molecule has 2 atom stereocenters. The van der Waals surface area contributed by atoms with Crippen LogP contribution in [0.5, 0.6) is 0 Å². The Kier molecular flexibility index (Phi) is 24.2. The lowest BCUT2D eigenvalue weighted by molar-refractivity contribution is -0.174. The van der Waals surface area contributed by atoms with Crippen LogP contribution in [0.1, 0.15) is 122 Å². The van der Waals surface area contributed by atoms with E-state index >= 15 is 0 Å². The van der Waals surface area contributed by atoms with Gasteiger partial charge in [-0.1, -0.05) is 134 Å². The molecule has 0 saturated heterocycles. The van der Waals surface area contributed by atoms with Gasteiger partial charge in [-0.05, 0) is 24.2 Å². The Bertz CT molecular complexity index is 557. The summed E-state index contributed by atoms with van der Waals surface area (Å²) >= 11 is 1.69. The molecule has 2 unspecified atom stereocenters. The van der Waals surface area contributed by atoms with Gasteiger partial charge in [0, 0.05) is 19.0 Å². The Morgan fingerprint density at radius 3 is 1.75 bits per heavy atom. The van der Waals surface area contributed by atoms with Crippen LogP contribution < -0.4 is 0 Å². The fourth-order valence-corrected chi connectivity index (χ4v) is 5.31. The summed E-state index contributed by atoms with van der Waals surface area (Å²) in [6, 6.07) is 10.0. The Balaban J connectivity index is 2.00. The molecule has 1 aromatic rings. The van der Waals surface area contributed by atoms with Gasteiger partial charge in [0.05, 0.1) is 6.61 Å². The van der Waals surface area contributed by atoms with E-state index in [-0.39, 0.29) is 12.7 Å². The van der Waals surface area contributed by atoms with Crippen molar-refractivity contribution < 1.29 is 19.7 Å². The van der Waals surface area contributed by atoms with E-state index in [1.165, 1.54) is 89.9 Å². The number of unbranched alkanes of at least 4 members (excludes halogenated alkanes) is 15. The van der Waals surface area contributed by atoms with Gasteiger partial charge >= 0.3 is 0 Å². The number of benzene rings is 1. The summed E-state index contributed by atoms with van der Waals surface area (Å²) in [5, 5.41) is 19.5. The van der Waals surface area contributed by atoms with Gasteiger partial charge in [-0.15, -0.1) is 0 Å². The van der Waals surface area contributed by atoms with Crippen molar-refractivity contribution in [3.63, 3.8) is 0 Å². The van der Waals surface area contributed by atoms with Crippen LogP contribution in [-0.4, -0.2) is 47.3 Å². The first kappa shape index (κ1) is 33.4. The van der Waals surface area contributed by atoms with Gasteiger partial charge in [0.25, 0.3) is 0 Å². The minimum absolute atomic E-state index is 0.195. The topological polar surface area (TPSA) is 58.9 Å². The van der Waals surface area contributed by atoms with Crippen molar-refractivity contribution in [1.29, 1.82) is 0 Å². The fourth-order valence-electron chi connectivity index (χ4n) is 4.32. The highest BCUT2D eigenvalue weighted by Gasteiger charge is 2.20. The maximum atomic E-state index is 10.6. The molecule has 1 aromatic carbocycles. The zero-order valence-corrected chi connectivity index (χ0v) is 24.0. The number of thioether (sulfide) groups is 1. The lowest BCUT2D eigenvalue weighted by atomic mass is 10.0. The monoisotopic (exact) mass is 524 g/mol. The standard InChI is InChI=1S/C31H56O4S/c1-2-3-4-5-6-7-8-9-10-11-12-13-14-15-16-20-25-34-31(33)30(28-36-26-21-24-32)35-27-29-22-18-17-19-23-29/h17-19,22-23,30-33H,2-16,20-21,24-28H2,1H3. The lowest BCUT2D eigenvalue weighted by Crippen LogP contribution is -2.34. The molecule has 4 nitrogen and oxygen atoms in total. The largest absolute Gasteiger partial charge is 0.396 e. The first-order chi connectivity index (χ1) is 17.8. The van der Waals surface area contributed by atoms with Crippen LogP contribution in [0.2, 0.25) is 0 Å². The number of aliphatic hydroxyl groups excluding tert-OH is 2. The number of aliphatic hydroxyl groups is 2. The first-order valence-corrected chi connectivity index (χ1v) is 16.1. The average molecular weight is 525 g/mol. The SMILES string of the molecule is CCCCCCCCCCCCCCCCCCOC(O)C(CSCCCO)OCc1ccccc1. The molecule has 0 radical (unpaired) electrons. The third kappa shape index (κ3) is 20.5.